The molecule has 3 rings (SSSR count). The third kappa shape index (κ3) is 2.96. The maximum atomic E-state index is 9.30. The fourth-order valence-corrected chi connectivity index (χ4v) is 2.87. The van der Waals surface area contributed by atoms with Crippen molar-refractivity contribution < 1.29 is 9.84 Å². The molecule has 2 aliphatic rings. The lowest BCUT2D eigenvalue weighted by molar-refractivity contribution is 0.0380. The van der Waals surface area contributed by atoms with Gasteiger partial charge in [0.2, 0.25) is 0 Å². The van der Waals surface area contributed by atoms with Crippen LogP contribution in [0, 0.1) is 5.92 Å². The number of ether oxygens (including phenoxy) is 1. The van der Waals surface area contributed by atoms with Crippen molar-refractivity contribution in [1.29, 1.82) is 0 Å². The van der Waals surface area contributed by atoms with Crippen LogP contribution in [0.3, 0.4) is 0 Å². The highest BCUT2D eigenvalue weighted by Gasteiger charge is 2.22. The standard InChI is InChI=1S/C13H22N4O2/c18-10-11-1-2-12-14-15-13(17(12)9-11)3-4-16-5-7-19-8-6-16/h11,18H,1-10H2. The van der Waals surface area contributed by atoms with E-state index in [1.165, 1.54) is 0 Å². The van der Waals surface area contributed by atoms with E-state index in [2.05, 4.69) is 19.7 Å². The number of rotatable bonds is 4. The van der Waals surface area contributed by atoms with Crippen molar-refractivity contribution in [1.82, 2.24) is 19.7 Å². The molecule has 1 saturated heterocycles. The Kier molecular flexibility index (Phi) is 4.10. The van der Waals surface area contributed by atoms with Crippen molar-refractivity contribution in [3.05, 3.63) is 11.6 Å². The van der Waals surface area contributed by atoms with Gasteiger partial charge in [-0.2, -0.15) is 0 Å². The Balaban J connectivity index is 1.60. The summed E-state index contributed by atoms with van der Waals surface area (Å²) in [6, 6.07) is 0. The minimum Gasteiger partial charge on any atom is -0.396 e. The zero-order chi connectivity index (χ0) is 13.1. The molecule has 6 nitrogen and oxygen atoms in total. The van der Waals surface area contributed by atoms with Crippen LogP contribution in [-0.4, -0.2) is 64.2 Å². The number of hydrogen-bond donors (Lipinski definition) is 1. The number of aliphatic hydroxyl groups is 1. The Bertz CT molecular complexity index is 415. The van der Waals surface area contributed by atoms with Gasteiger partial charge in [-0.1, -0.05) is 0 Å². The molecule has 1 aromatic heterocycles. The summed E-state index contributed by atoms with van der Waals surface area (Å²) in [6.07, 6.45) is 2.90. The summed E-state index contributed by atoms with van der Waals surface area (Å²) in [5, 5.41) is 17.9. The first-order valence-electron chi connectivity index (χ1n) is 7.18. The van der Waals surface area contributed by atoms with Gasteiger partial charge in [0.25, 0.3) is 0 Å². The van der Waals surface area contributed by atoms with Gasteiger partial charge in [-0.3, -0.25) is 4.90 Å². The molecular weight excluding hydrogens is 244 g/mol. The molecular formula is C13H22N4O2. The van der Waals surface area contributed by atoms with E-state index in [0.29, 0.717) is 5.92 Å². The SMILES string of the molecule is OCC1CCc2nnc(CCN3CCOCC3)n2C1. The molecule has 106 valence electrons. The molecule has 1 N–H and O–H groups in total. The van der Waals surface area contributed by atoms with E-state index in [-0.39, 0.29) is 6.61 Å². The van der Waals surface area contributed by atoms with Gasteiger partial charge in [0.15, 0.2) is 0 Å². The highest BCUT2D eigenvalue weighted by atomic mass is 16.5. The molecule has 1 fully saturated rings. The molecule has 0 amide bonds. The predicted octanol–water partition coefficient (Wildman–Crippen LogP) is -0.292. The molecule has 1 unspecified atom stereocenters. The third-order valence-electron chi connectivity index (χ3n) is 4.13. The fraction of sp³-hybridized carbons (Fsp3) is 0.846. The average molecular weight is 266 g/mol. The van der Waals surface area contributed by atoms with Gasteiger partial charge in [0.05, 0.1) is 13.2 Å². The lowest BCUT2D eigenvalue weighted by Crippen LogP contribution is -2.38. The van der Waals surface area contributed by atoms with Crippen LogP contribution in [0.25, 0.3) is 0 Å². The predicted molar refractivity (Wildman–Crippen MR) is 69.9 cm³/mol. The van der Waals surface area contributed by atoms with Crippen LogP contribution in [0.1, 0.15) is 18.1 Å². The van der Waals surface area contributed by atoms with Crippen LogP contribution in [0.2, 0.25) is 0 Å². The maximum absolute atomic E-state index is 9.30. The number of fused-ring (bicyclic) bond motifs is 1. The molecule has 0 aromatic carbocycles. The van der Waals surface area contributed by atoms with Crippen molar-refractivity contribution in [2.24, 2.45) is 5.92 Å². The summed E-state index contributed by atoms with van der Waals surface area (Å²) in [7, 11) is 0. The second-order valence-corrected chi connectivity index (χ2v) is 5.43. The van der Waals surface area contributed by atoms with Crippen molar-refractivity contribution in [2.75, 3.05) is 39.5 Å². The summed E-state index contributed by atoms with van der Waals surface area (Å²) in [4.78, 5) is 2.41. The van der Waals surface area contributed by atoms with Crippen LogP contribution in [0.4, 0.5) is 0 Å². The smallest absolute Gasteiger partial charge is 0.134 e. The molecule has 6 heteroatoms. The maximum Gasteiger partial charge on any atom is 0.134 e. The van der Waals surface area contributed by atoms with Crippen molar-refractivity contribution in [3.63, 3.8) is 0 Å². The first-order chi connectivity index (χ1) is 9.36. The lowest BCUT2D eigenvalue weighted by Gasteiger charge is -2.27. The Morgan fingerprint density at radius 2 is 2.11 bits per heavy atom. The third-order valence-corrected chi connectivity index (χ3v) is 4.13. The molecule has 19 heavy (non-hydrogen) atoms. The van der Waals surface area contributed by atoms with Gasteiger partial charge in [0.1, 0.15) is 11.6 Å². The summed E-state index contributed by atoms with van der Waals surface area (Å²) >= 11 is 0. The number of aliphatic hydroxyl groups excluding tert-OH is 1. The van der Waals surface area contributed by atoms with Crippen molar-refractivity contribution in [3.8, 4) is 0 Å². The quantitative estimate of drug-likeness (QED) is 0.811. The molecule has 3 heterocycles. The van der Waals surface area contributed by atoms with Crippen LogP contribution >= 0.6 is 0 Å². The topological polar surface area (TPSA) is 63.4 Å². The van der Waals surface area contributed by atoms with Crippen LogP contribution in [0.15, 0.2) is 0 Å². The largest absolute Gasteiger partial charge is 0.396 e. The van der Waals surface area contributed by atoms with Gasteiger partial charge in [-0.05, 0) is 6.42 Å². The minimum absolute atomic E-state index is 0.264. The van der Waals surface area contributed by atoms with Crippen LogP contribution < -0.4 is 0 Å². The van der Waals surface area contributed by atoms with Gasteiger partial charge >= 0.3 is 0 Å². The zero-order valence-electron chi connectivity index (χ0n) is 11.3. The van der Waals surface area contributed by atoms with Gasteiger partial charge in [0, 0.05) is 51.5 Å². The van der Waals surface area contributed by atoms with Crippen LogP contribution in [0.5, 0.6) is 0 Å². The fourth-order valence-electron chi connectivity index (χ4n) is 2.87. The van der Waals surface area contributed by atoms with E-state index in [0.717, 1.165) is 70.3 Å². The molecule has 1 atom stereocenters. The Morgan fingerprint density at radius 3 is 2.89 bits per heavy atom. The van der Waals surface area contributed by atoms with E-state index in [4.69, 9.17) is 4.74 Å². The monoisotopic (exact) mass is 266 g/mol. The highest BCUT2D eigenvalue weighted by Crippen LogP contribution is 2.19. The summed E-state index contributed by atoms with van der Waals surface area (Å²) in [5.41, 5.74) is 0. The lowest BCUT2D eigenvalue weighted by atomic mass is 10.0. The first-order valence-corrected chi connectivity index (χ1v) is 7.18. The normalized spacial score (nSPS) is 24.4. The van der Waals surface area contributed by atoms with Crippen LogP contribution in [-0.2, 0) is 24.1 Å². The van der Waals surface area contributed by atoms with Gasteiger partial charge in [-0.25, -0.2) is 0 Å². The number of aryl methyl sites for hydroxylation is 1. The number of hydrogen-bond acceptors (Lipinski definition) is 5. The van der Waals surface area contributed by atoms with E-state index in [1.54, 1.807) is 0 Å². The van der Waals surface area contributed by atoms with E-state index in [1.807, 2.05) is 0 Å². The van der Waals surface area contributed by atoms with Crippen molar-refractivity contribution in [2.45, 2.75) is 25.8 Å². The molecule has 1 aromatic rings. The van der Waals surface area contributed by atoms with Gasteiger partial charge < -0.3 is 14.4 Å². The molecule has 0 spiro atoms. The molecule has 0 bridgehead atoms. The average Bonchev–Trinajstić information content (AvgIpc) is 2.88. The zero-order valence-corrected chi connectivity index (χ0v) is 11.3. The van der Waals surface area contributed by atoms with E-state index >= 15 is 0 Å². The number of morpholine rings is 1. The number of nitrogens with zero attached hydrogens (tertiary/aromatic N) is 4. The van der Waals surface area contributed by atoms with E-state index < -0.39 is 0 Å². The minimum atomic E-state index is 0.264. The molecule has 0 saturated carbocycles. The van der Waals surface area contributed by atoms with E-state index in [9.17, 15) is 5.11 Å². The molecule has 2 aliphatic heterocycles. The highest BCUT2D eigenvalue weighted by molar-refractivity contribution is 5.00. The number of aromatic nitrogens is 3. The first kappa shape index (κ1) is 13.0. The summed E-state index contributed by atoms with van der Waals surface area (Å²) in [5.74, 6) is 2.52. The Labute approximate surface area is 113 Å². The Morgan fingerprint density at radius 1 is 1.26 bits per heavy atom. The molecule has 0 radical (unpaired) electrons. The van der Waals surface area contributed by atoms with Gasteiger partial charge in [-0.15, -0.1) is 10.2 Å². The van der Waals surface area contributed by atoms with Crippen molar-refractivity contribution >= 4 is 0 Å². The second-order valence-electron chi connectivity index (χ2n) is 5.43. The summed E-state index contributed by atoms with van der Waals surface area (Å²) < 4.78 is 7.57. The molecule has 0 aliphatic carbocycles. The second kappa shape index (κ2) is 5.98. The summed E-state index contributed by atoms with van der Waals surface area (Å²) in [6.45, 7) is 5.86. The Hall–Kier alpha value is -0.980.